The van der Waals surface area contributed by atoms with Gasteiger partial charge < -0.3 is 10.6 Å². The zero-order chi connectivity index (χ0) is 27.5. The van der Waals surface area contributed by atoms with Crippen molar-refractivity contribution >= 4 is 34.6 Å². The second kappa shape index (κ2) is 13.2. The van der Waals surface area contributed by atoms with Gasteiger partial charge >= 0.3 is 0 Å². The number of amides is 2. The van der Waals surface area contributed by atoms with Crippen LogP contribution < -0.4 is 10.6 Å². The first-order chi connectivity index (χ1) is 17.5. The molecule has 2 aromatic rings. The van der Waals surface area contributed by atoms with Crippen molar-refractivity contribution in [3.05, 3.63) is 88.0 Å². The third-order valence-corrected chi connectivity index (χ3v) is 5.19. The number of non-ortho nitro benzene ring substituents is 2. The van der Waals surface area contributed by atoms with Gasteiger partial charge in [0.1, 0.15) is 11.1 Å². The molecule has 37 heavy (non-hydrogen) atoms. The van der Waals surface area contributed by atoms with E-state index in [0.29, 0.717) is 25.7 Å². The van der Waals surface area contributed by atoms with Gasteiger partial charge in [-0.3, -0.25) is 50.0 Å². The Bertz CT molecular complexity index is 1140. The number of unbranched alkanes of at least 4 members (excludes halogenated alkanes) is 4. The molecule has 0 aromatic heterocycles. The van der Waals surface area contributed by atoms with E-state index in [2.05, 4.69) is 10.6 Å². The molecule has 0 saturated heterocycles. The second-order valence-corrected chi connectivity index (χ2v) is 7.71. The number of hydrogen-bond donors (Lipinski definition) is 2. The number of carbonyl (C=O) groups excluding carboxylic acids is 2. The summed E-state index contributed by atoms with van der Waals surface area (Å²) in [7, 11) is 0. The first kappa shape index (κ1) is 28.2. The van der Waals surface area contributed by atoms with Crippen LogP contribution in [-0.2, 0) is 0 Å². The number of nitro benzene ring substituents is 4. The van der Waals surface area contributed by atoms with Crippen LogP contribution in [0.4, 0.5) is 22.7 Å². The van der Waals surface area contributed by atoms with Crippen molar-refractivity contribution in [2.24, 2.45) is 0 Å². The van der Waals surface area contributed by atoms with Gasteiger partial charge in [-0.25, -0.2) is 0 Å². The van der Waals surface area contributed by atoms with Gasteiger partial charge in [0.15, 0.2) is 0 Å². The van der Waals surface area contributed by atoms with Gasteiger partial charge in [0.25, 0.3) is 34.6 Å². The van der Waals surface area contributed by atoms with Crippen LogP contribution in [0.3, 0.4) is 0 Å². The molecule has 0 aliphatic carbocycles. The zero-order valence-electron chi connectivity index (χ0n) is 19.3. The van der Waals surface area contributed by atoms with Crippen LogP contribution in [0.25, 0.3) is 0 Å². The molecule has 16 nitrogen and oxygen atoms in total. The van der Waals surface area contributed by atoms with E-state index in [9.17, 15) is 50.0 Å². The minimum atomic E-state index is -0.861. The van der Waals surface area contributed by atoms with Crippen LogP contribution in [0.15, 0.2) is 36.4 Å². The number of hydrogen-bond acceptors (Lipinski definition) is 10. The molecular formula is C21H22N6O10. The second-order valence-electron chi connectivity index (χ2n) is 7.71. The first-order valence-corrected chi connectivity index (χ1v) is 10.9. The number of benzene rings is 2. The minimum Gasteiger partial charge on any atom is -0.352 e. The topological polar surface area (TPSA) is 231 Å². The van der Waals surface area contributed by atoms with E-state index in [-0.39, 0.29) is 24.2 Å². The van der Waals surface area contributed by atoms with Crippen molar-refractivity contribution in [2.75, 3.05) is 13.1 Å². The Labute approximate surface area is 208 Å². The molecule has 0 aliphatic heterocycles. The van der Waals surface area contributed by atoms with E-state index in [1.54, 1.807) is 0 Å². The summed E-state index contributed by atoms with van der Waals surface area (Å²) in [5.41, 5.74) is -2.87. The Morgan fingerprint density at radius 3 is 1.24 bits per heavy atom. The van der Waals surface area contributed by atoms with E-state index in [4.69, 9.17) is 0 Å². The normalized spacial score (nSPS) is 10.4. The van der Waals surface area contributed by atoms with Crippen LogP contribution in [-0.4, -0.2) is 44.6 Å². The average Bonchev–Trinajstić information content (AvgIpc) is 2.86. The Hall–Kier alpha value is -5.02. The lowest BCUT2D eigenvalue weighted by Gasteiger charge is -2.07. The molecule has 0 bridgehead atoms. The third kappa shape index (κ3) is 8.01. The fourth-order valence-corrected chi connectivity index (χ4v) is 3.33. The first-order valence-electron chi connectivity index (χ1n) is 10.9. The number of nitro groups is 4. The molecule has 2 N–H and O–H groups in total. The van der Waals surface area contributed by atoms with Crippen LogP contribution in [0, 0.1) is 40.5 Å². The molecule has 16 heteroatoms. The smallest absolute Gasteiger partial charge is 0.289 e. The van der Waals surface area contributed by atoms with Gasteiger partial charge in [-0.15, -0.1) is 0 Å². The Balaban J connectivity index is 1.70. The van der Waals surface area contributed by atoms with Crippen molar-refractivity contribution in [3.8, 4) is 0 Å². The van der Waals surface area contributed by atoms with E-state index in [0.717, 1.165) is 42.8 Å². The number of nitrogens with one attached hydrogen (secondary N) is 2. The molecule has 2 aromatic carbocycles. The van der Waals surface area contributed by atoms with Crippen molar-refractivity contribution in [2.45, 2.75) is 32.1 Å². The van der Waals surface area contributed by atoms with Gasteiger partial charge in [0.2, 0.25) is 0 Å². The fourth-order valence-electron chi connectivity index (χ4n) is 3.33. The van der Waals surface area contributed by atoms with Gasteiger partial charge in [0, 0.05) is 25.2 Å². The monoisotopic (exact) mass is 518 g/mol. The van der Waals surface area contributed by atoms with Crippen LogP contribution in [0.2, 0.25) is 0 Å². The number of rotatable bonds is 14. The van der Waals surface area contributed by atoms with Crippen LogP contribution >= 0.6 is 0 Å². The molecule has 0 spiro atoms. The molecule has 0 heterocycles. The Kier molecular flexibility index (Phi) is 10.0. The number of nitrogens with zero attached hydrogens (tertiary/aromatic N) is 4. The van der Waals surface area contributed by atoms with Crippen molar-refractivity contribution in [1.29, 1.82) is 0 Å². The van der Waals surface area contributed by atoms with Gasteiger partial charge in [-0.05, 0) is 25.0 Å². The average molecular weight is 518 g/mol. The lowest BCUT2D eigenvalue weighted by molar-refractivity contribution is -0.394. The molecule has 0 saturated carbocycles. The van der Waals surface area contributed by atoms with Gasteiger partial charge in [-0.1, -0.05) is 19.3 Å². The SMILES string of the molecule is O=C(NCCCCCCCNC(=O)c1ccc([N+](=O)[O-])cc1[N+](=O)[O-])c1ccc([N+](=O)[O-])cc1[N+](=O)[O-]. The summed E-state index contributed by atoms with van der Waals surface area (Å²) in [5, 5.41) is 48.9. The highest BCUT2D eigenvalue weighted by atomic mass is 16.6. The highest BCUT2D eigenvalue weighted by Gasteiger charge is 2.25. The summed E-state index contributed by atoms with van der Waals surface area (Å²) in [4.78, 5) is 65.0. The molecule has 0 fully saturated rings. The largest absolute Gasteiger partial charge is 0.352 e. The summed E-state index contributed by atoms with van der Waals surface area (Å²) in [6.45, 7) is 0.459. The molecule has 0 atom stereocenters. The lowest BCUT2D eigenvalue weighted by Crippen LogP contribution is -2.25. The summed E-state index contributed by atoms with van der Waals surface area (Å²) < 4.78 is 0. The van der Waals surface area contributed by atoms with E-state index in [1.807, 2.05) is 0 Å². The van der Waals surface area contributed by atoms with E-state index >= 15 is 0 Å². The summed E-state index contributed by atoms with van der Waals surface area (Å²) in [6, 6.07) is 5.55. The highest BCUT2D eigenvalue weighted by molar-refractivity contribution is 5.99. The summed E-state index contributed by atoms with van der Waals surface area (Å²) >= 11 is 0. The maximum absolute atomic E-state index is 12.2. The maximum Gasteiger partial charge on any atom is 0.289 e. The molecule has 2 amide bonds. The Morgan fingerprint density at radius 2 is 0.919 bits per heavy atom. The van der Waals surface area contributed by atoms with E-state index in [1.165, 1.54) is 0 Å². The Morgan fingerprint density at radius 1 is 0.568 bits per heavy atom. The quantitative estimate of drug-likeness (QED) is 0.210. The highest BCUT2D eigenvalue weighted by Crippen LogP contribution is 2.25. The predicted octanol–water partition coefficient (Wildman–Crippen LogP) is 3.43. The molecular weight excluding hydrogens is 496 g/mol. The lowest BCUT2D eigenvalue weighted by atomic mass is 10.1. The minimum absolute atomic E-state index is 0.230. The van der Waals surface area contributed by atoms with E-state index < -0.39 is 54.3 Å². The fraction of sp³-hybridized carbons (Fsp3) is 0.333. The molecule has 196 valence electrons. The standard InChI is InChI=1S/C21H22N6O10/c28-20(16-8-6-14(24(30)31)12-18(16)26(34)35)22-10-4-2-1-3-5-11-23-21(29)17-9-7-15(25(32)33)13-19(17)27(36)37/h6-9,12-13H,1-5,10-11H2,(H,22,28)(H,23,29). The molecule has 0 radical (unpaired) electrons. The van der Waals surface area contributed by atoms with Crippen LogP contribution in [0.1, 0.15) is 52.8 Å². The maximum atomic E-state index is 12.2. The summed E-state index contributed by atoms with van der Waals surface area (Å²) in [5.74, 6) is -1.44. The molecule has 2 rings (SSSR count). The summed E-state index contributed by atoms with van der Waals surface area (Å²) in [6.07, 6.45) is 3.26. The third-order valence-electron chi connectivity index (χ3n) is 5.19. The molecule has 0 unspecified atom stereocenters. The van der Waals surface area contributed by atoms with Crippen molar-refractivity contribution in [3.63, 3.8) is 0 Å². The number of carbonyl (C=O) groups is 2. The molecule has 0 aliphatic rings. The van der Waals surface area contributed by atoms with Gasteiger partial charge in [0.05, 0.1) is 31.8 Å². The van der Waals surface area contributed by atoms with Gasteiger partial charge in [-0.2, -0.15) is 0 Å². The van der Waals surface area contributed by atoms with Crippen molar-refractivity contribution in [1.82, 2.24) is 10.6 Å². The van der Waals surface area contributed by atoms with Crippen molar-refractivity contribution < 1.29 is 29.3 Å². The zero-order valence-corrected chi connectivity index (χ0v) is 19.3. The van der Waals surface area contributed by atoms with Crippen LogP contribution in [0.5, 0.6) is 0 Å². The predicted molar refractivity (Wildman–Crippen MR) is 127 cm³/mol.